The monoisotopic (exact) mass is 192 g/mol. The number of hydrogen-bond donors (Lipinski definition) is 0. The molecule has 0 saturated carbocycles. The molecule has 0 saturated heterocycles. The lowest BCUT2D eigenvalue weighted by Crippen LogP contribution is -1.74. The largest absolute Gasteiger partial charge is 0.0975 e. The third-order valence-corrected chi connectivity index (χ3v) is 1.73. The fourth-order valence-electron chi connectivity index (χ4n) is 0.293. The lowest BCUT2D eigenvalue weighted by Gasteiger charge is -1.95. The zero-order valence-electron chi connectivity index (χ0n) is 7.25. The zero-order valence-corrected chi connectivity index (χ0v) is 8.76. The maximum Gasteiger partial charge on any atom is 0.0615 e. The standard InChI is InChI=1S/C7H8Cl2.C2H6/c1-4-6(8)7(9)5(2)3;1-2/h4H,1-2H2,3H3;1-2H3/b7-6-;. The second-order valence-electron chi connectivity index (χ2n) is 1.65. The fourth-order valence-corrected chi connectivity index (χ4v) is 0.532. The second-order valence-corrected chi connectivity index (χ2v) is 2.43. The van der Waals surface area contributed by atoms with Crippen LogP contribution in [0, 0.1) is 0 Å². The molecule has 0 aliphatic heterocycles. The van der Waals surface area contributed by atoms with Crippen molar-refractivity contribution in [2.24, 2.45) is 0 Å². The molecule has 0 fully saturated rings. The van der Waals surface area contributed by atoms with E-state index >= 15 is 0 Å². The van der Waals surface area contributed by atoms with Crippen molar-refractivity contribution in [2.45, 2.75) is 20.8 Å². The molecule has 0 heterocycles. The van der Waals surface area contributed by atoms with E-state index in [1.807, 2.05) is 13.8 Å². The summed E-state index contributed by atoms with van der Waals surface area (Å²) in [5, 5.41) is 0.927. The molecule has 0 rings (SSSR count). The summed E-state index contributed by atoms with van der Waals surface area (Å²) in [5.41, 5.74) is 0.751. The molecule has 11 heavy (non-hydrogen) atoms. The topological polar surface area (TPSA) is 0 Å². The Labute approximate surface area is 79.2 Å². The first kappa shape index (κ1) is 13.4. The van der Waals surface area contributed by atoms with Gasteiger partial charge in [-0.05, 0) is 18.6 Å². The molecule has 0 atom stereocenters. The SMILES string of the molecule is C=C/C(Cl)=C(/Cl)C(=C)C.CC. The summed E-state index contributed by atoms with van der Waals surface area (Å²) in [7, 11) is 0. The average molecular weight is 193 g/mol. The zero-order chi connectivity index (χ0) is 9.44. The van der Waals surface area contributed by atoms with Crippen molar-refractivity contribution in [3.05, 3.63) is 34.9 Å². The van der Waals surface area contributed by atoms with Gasteiger partial charge in [-0.3, -0.25) is 0 Å². The molecular formula is C9H14Cl2. The highest BCUT2D eigenvalue weighted by atomic mass is 35.5. The Hall–Kier alpha value is -0.200. The Morgan fingerprint density at radius 1 is 1.27 bits per heavy atom. The lowest BCUT2D eigenvalue weighted by atomic mass is 10.3. The van der Waals surface area contributed by atoms with Crippen LogP contribution in [0.15, 0.2) is 34.9 Å². The van der Waals surface area contributed by atoms with E-state index in [2.05, 4.69) is 13.2 Å². The molecule has 0 aliphatic rings. The fraction of sp³-hybridized carbons (Fsp3) is 0.333. The van der Waals surface area contributed by atoms with Crippen LogP contribution < -0.4 is 0 Å². The van der Waals surface area contributed by atoms with Crippen molar-refractivity contribution >= 4 is 23.2 Å². The first-order chi connectivity index (χ1) is 5.09. The molecule has 0 amide bonds. The van der Waals surface area contributed by atoms with Crippen LogP contribution in [-0.4, -0.2) is 0 Å². The normalized spacial score (nSPS) is 10.6. The van der Waals surface area contributed by atoms with E-state index in [1.54, 1.807) is 6.92 Å². The van der Waals surface area contributed by atoms with E-state index in [0.29, 0.717) is 10.1 Å². The first-order valence-electron chi connectivity index (χ1n) is 3.43. The number of allylic oxidation sites excluding steroid dienone is 4. The van der Waals surface area contributed by atoms with Crippen LogP contribution in [0.5, 0.6) is 0 Å². The highest BCUT2D eigenvalue weighted by Crippen LogP contribution is 2.20. The van der Waals surface area contributed by atoms with E-state index in [0.717, 1.165) is 5.57 Å². The van der Waals surface area contributed by atoms with Gasteiger partial charge in [-0.15, -0.1) is 0 Å². The van der Waals surface area contributed by atoms with E-state index in [9.17, 15) is 0 Å². The van der Waals surface area contributed by atoms with Crippen LogP contribution in [0.3, 0.4) is 0 Å². The van der Waals surface area contributed by atoms with Crippen LogP contribution in [0.4, 0.5) is 0 Å². The van der Waals surface area contributed by atoms with Gasteiger partial charge in [0.2, 0.25) is 0 Å². The van der Waals surface area contributed by atoms with Gasteiger partial charge in [-0.1, -0.05) is 50.2 Å². The molecule has 64 valence electrons. The van der Waals surface area contributed by atoms with Crippen LogP contribution in [0.2, 0.25) is 0 Å². The minimum absolute atomic E-state index is 0.448. The summed E-state index contributed by atoms with van der Waals surface area (Å²) in [6, 6.07) is 0. The van der Waals surface area contributed by atoms with Crippen molar-refractivity contribution in [3.63, 3.8) is 0 Å². The summed E-state index contributed by atoms with van der Waals surface area (Å²) < 4.78 is 0. The summed E-state index contributed by atoms with van der Waals surface area (Å²) in [5.74, 6) is 0. The van der Waals surface area contributed by atoms with Gasteiger partial charge in [0.25, 0.3) is 0 Å². The maximum atomic E-state index is 5.64. The lowest BCUT2D eigenvalue weighted by molar-refractivity contribution is 1.50. The molecule has 2 heteroatoms. The van der Waals surface area contributed by atoms with Gasteiger partial charge < -0.3 is 0 Å². The minimum atomic E-state index is 0.448. The number of hydrogen-bond acceptors (Lipinski definition) is 0. The van der Waals surface area contributed by atoms with Gasteiger partial charge in [-0.2, -0.15) is 0 Å². The van der Waals surface area contributed by atoms with Gasteiger partial charge in [0.15, 0.2) is 0 Å². The van der Waals surface area contributed by atoms with Crippen LogP contribution >= 0.6 is 23.2 Å². The van der Waals surface area contributed by atoms with Crippen molar-refractivity contribution in [1.82, 2.24) is 0 Å². The van der Waals surface area contributed by atoms with E-state index in [-0.39, 0.29) is 0 Å². The Balaban J connectivity index is 0. The van der Waals surface area contributed by atoms with Gasteiger partial charge in [0.1, 0.15) is 0 Å². The molecule has 0 aromatic rings. The van der Waals surface area contributed by atoms with Crippen LogP contribution in [0.25, 0.3) is 0 Å². The second kappa shape index (κ2) is 7.90. The third kappa shape index (κ3) is 6.21. The summed E-state index contributed by atoms with van der Waals surface area (Å²) >= 11 is 11.2. The van der Waals surface area contributed by atoms with Gasteiger partial charge in [0.05, 0.1) is 10.1 Å². The Kier molecular flexibility index (Phi) is 9.62. The van der Waals surface area contributed by atoms with Crippen LogP contribution in [-0.2, 0) is 0 Å². The molecule has 0 unspecified atom stereocenters. The maximum absolute atomic E-state index is 5.64. The van der Waals surface area contributed by atoms with Crippen molar-refractivity contribution in [1.29, 1.82) is 0 Å². The smallest absolute Gasteiger partial charge is 0.0615 e. The average Bonchev–Trinajstić information content (AvgIpc) is 2.05. The van der Waals surface area contributed by atoms with E-state index < -0.39 is 0 Å². The quantitative estimate of drug-likeness (QED) is 0.567. The first-order valence-corrected chi connectivity index (χ1v) is 4.18. The summed E-state index contributed by atoms with van der Waals surface area (Å²) in [6.07, 6.45) is 1.48. The predicted molar refractivity (Wildman–Crippen MR) is 55.1 cm³/mol. The number of rotatable bonds is 2. The third-order valence-electron chi connectivity index (χ3n) is 0.764. The Bertz CT molecular complexity index is 166. The molecule has 0 aromatic carbocycles. The highest BCUT2D eigenvalue weighted by Gasteiger charge is 1.96. The molecular weight excluding hydrogens is 179 g/mol. The molecule has 0 aromatic heterocycles. The molecule has 0 nitrogen and oxygen atoms in total. The van der Waals surface area contributed by atoms with Crippen molar-refractivity contribution < 1.29 is 0 Å². The molecule has 0 aliphatic carbocycles. The van der Waals surface area contributed by atoms with E-state index in [1.165, 1.54) is 6.08 Å². The molecule has 0 spiro atoms. The Morgan fingerprint density at radius 2 is 1.64 bits per heavy atom. The van der Waals surface area contributed by atoms with Crippen molar-refractivity contribution in [2.75, 3.05) is 0 Å². The number of halogens is 2. The predicted octanol–water partition coefficient (Wildman–Crippen LogP) is 4.46. The van der Waals surface area contributed by atoms with Crippen molar-refractivity contribution in [3.8, 4) is 0 Å². The molecule has 0 N–H and O–H groups in total. The van der Waals surface area contributed by atoms with Gasteiger partial charge >= 0.3 is 0 Å². The van der Waals surface area contributed by atoms with Crippen LogP contribution in [0.1, 0.15) is 20.8 Å². The Morgan fingerprint density at radius 3 is 1.73 bits per heavy atom. The van der Waals surface area contributed by atoms with E-state index in [4.69, 9.17) is 23.2 Å². The minimum Gasteiger partial charge on any atom is -0.0975 e. The van der Waals surface area contributed by atoms with Gasteiger partial charge in [-0.25, -0.2) is 0 Å². The summed E-state index contributed by atoms with van der Waals surface area (Å²) in [4.78, 5) is 0. The highest BCUT2D eigenvalue weighted by molar-refractivity contribution is 6.41. The van der Waals surface area contributed by atoms with Gasteiger partial charge in [0, 0.05) is 0 Å². The molecule has 0 radical (unpaired) electrons. The molecule has 0 bridgehead atoms. The summed E-state index contributed by atoms with van der Waals surface area (Å²) in [6.45, 7) is 12.8.